The molecule has 0 atom stereocenters. The normalized spacial score (nSPS) is 11.7. The molecule has 1 heterocycles. The van der Waals surface area contributed by atoms with Gasteiger partial charge >= 0.3 is 0 Å². The number of nitrogens with zero attached hydrogens (tertiary/aromatic N) is 1. The number of nitrogens with one attached hydrogen (secondary N) is 1. The highest BCUT2D eigenvalue weighted by molar-refractivity contribution is 5.12. The maximum atomic E-state index is 5.64. The van der Waals surface area contributed by atoms with Crippen LogP contribution in [0.5, 0.6) is 0 Å². The number of rotatable bonds is 9. The Labute approximate surface area is 112 Å². The van der Waals surface area contributed by atoms with E-state index < -0.39 is 0 Å². The van der Waals surface area contributed by atoms with Crippen LogP contribution in [-0.2, 0) is 13.1 Å². The average molecular weight is 252 g/mol. The zero-order valence-corrected chi connectivity index (χ0v) is 12.3. The fraction of sp³-hybridized carbons (Fsp3) is 0.733. The Morgan fingerprint density at radius 2 is 2.06 bits per heavy atom. The van der Waals surface area contributed by atoms with Gasteiger partial charge in [0.1, 0.15) is 5.76 Å². The average Bonchev–Trinajstić information content (AvgIpc) is 2.76. The molecule has 104 valence electrons. The van der Waals surface area contributed by atoms with Crippen molar-refractivity contribution in [1.82, 2.24) is 10.2 Å². The van der Waals surface area contributed by atoms with Crippen LogP contribution in [0.4, 0.5) is 0 Å². The van der Waals surface area contributed by atoms with E-state index in [-0.39, 0.29) is 0 Å². The molecule has 3 nitrogen and oxygen atoms in total. The van der Waals surface area contributed by atoms with Crippen molar-refractivity contribution in [1.29, 1.82) is 0 Å². The van der Waals surface area contributed by atoms with Crippen molar-refractivity contribution in [2.24, 2.45) is 0 Å². The first-order valence-electron chi connectivity index (χ1n) is 7.18. The lowest BCUT2D eigenvalue weighted by atomic mass is 10.2. The van der Waals surface area contributed by atoms with Crippen LogP contribution < -0.4 is 5.32 Å². The molecule has 0 radical (unpaired) electrons. The highest BCUT2D eigenvalue weighted by atomic mass is 16.3. The Morgan fingerprint density at radius 1 is 1.28 bits per heavy atom. The number of hydrogen-bond donors (Lipinski definition) is 1. The standard InChI is InChI=1S/C15H28N2O/c1-5-7-16-10-14-9-15(18-12-14)11-17(8-6-2)13(3)4/h9,12-13,16H,5-8,10-11H2,1-4H3. The van der Waals surface area contributed by atoms with Crippen molar-refractivity contribution >= 4 is 0 Å². The fourth-order valence-electron chi connectivity index (χ4n) is 2.02. The summed E-state index contributed by atoms with van der Waals surface area (Å²) in [6, 6.07) is 2.74. The topological polar surface area (TPSA) is 28.4 Å². The summed E-state index contributed by atoms with van der Waals surface area (Å²) in [5, 5.41) is 3.39. The van der Waals surface area contributed by atoms with Gasteiger partial charge in [-0.3, -0.25) is 4.90 Å². The molecule has 0 saturated carbocycles. The van der Waals surface area contributed by atoms with E-state index in [2.05, 4.69) is 44.0 Å². The molecule has 0 aromatic carbocycles. The lowest BCUT2D eigenvalue weighted by Crippen LogP contribution is -2.30. The van der Waals surface area contributed by atoms with Crippen LogP contribution in [0.3, 0.4) is 0 Å². The molecule has 18 heavy (non-hydrogen) atoms. The molecular weight excluding hydrogens is 224 g/mol. The van der Waals surface area contributed by atoms with Crippen molar-refractivity contribution < 1.29 is 4.42 Å². The van der Waals surface area contributed by atoms with Crippen molar-refractivity contribution in [2.45, 2.75) is 59.7 Å². The molecule has 0 aliphatic carbocycles. The summed E-state index contributed by atoms with van der Waals surface area (Å²) in [7, 11) is 0. The second-order valence-corrected chi connectivity index (χ2v) is 5.16. The lowest BCUT2D eigenvalue weighted by Gasteiger charge is -2.24. The first kappa shape index (κ1) is 15.3. The van der Waals surface area contributed by atoms with Crippen LogP contribution in [0.2, 0.25) is 0 Å². The third kappa shape index (κ3) is 5.23. The van der Waals surface area contributed by atoms with E-state index in [4.69, 9.17) is 4.42 Å². The van der Waals surface area contributed by atoms with E-state index in [1.54, 1.807) is 0 Å². The highest BCUT2D eigenvalue weighted by Crippen LogP contribution is 2.13. The first-order chi connectivity index (χ1) is 8.67. The second kappa shape index (κ2) is 8.33. The number of furan rings is 1. The minimum atomic E-state index is 0.566. The van der Waals surface area contributed by atoms with Gasteiger partial charge in [0.2, 0.25) is 0 Å². The lowest BCUT2D eigenvalue weighted by molar-refractivity contribution is 0.197. The van der Waals surface area contributed by atoms with Crippen molar-refractivity contribution in [3.63, 3.8) is 0 Å². The fourth-order valence-corrected chi connectivity index (χ4v) is 2.02. The van der Waals surface area contributed by atoms with Crippen molar-refractivity contribution in [3.8, 4) is 0 Å². The van der Waals surface area contributed by atoms with E-state index in [1.165, 1.54) is 18.4 Å². The second-order valence-electron chi connectivity index (χ2n) is 5.16. The summed E-state index contributed by atoms with van der Waals surface area (Å²) in [5.74, 6) is 1.07. The molecule has 3 heteroatoms. The molecule has 0 amide bonds. The molecule has 0 spiro atoms. The summed E-state index contributed by atoms with van der Waals surface area (Å²) in [6.45, 7) is 12.9. The largest absolute Gasteiger partial charge is 0.468 e. The minimum absolute atomic E-state index is 0.566. The van der Waals surface area contributed by atoms with Crippen molar-refractivity contribution in [2.75, 3.05) is 13.1 Å². The molecular formula is C15H28N2O. The van der Waals surface area contributed by atoms with Gasteiger partial charge in [-0.15, -0.1) is 0 Å². The molecule has 1 rings (SSSR count). The number of hydrogen-bond acceptors (Lipinski definition) is 3. The summed E-state index contributed by atoms with van der Waals surface area (Å²) in [6.07, 6.45) is 4.23. The van der Waals surface area contributed by atoms with E-state index in [0.717, 1.165) is 31.9 Å². The zero-order chi connectivity index (χ0) is 13.4. The van der Waals surface area contributed by atoms with E-state index >= 15 is 0 Å². The monoisotopic (exact) mass is 252 g/mol. The first-order valence-corrected chi connectivity index (χ1v) is 7.18. The summed E-state index contributed by atoms with van der Waals surface area (Å²) < 4.78 is 5.64. The molecule has 0 bridgehead atoms. The summed E-state index contributed by atoms with van der Waals surface area (Å²) in [5.41, 5.74) is 1.25. The molecule has 0 aliphatic rings. The van der Waals surface area contributed by atoms with Crippen LogP contribution in [0.15, 0.2) is 16.7 Å². The van der Waals surface area contributed by atoms with Gasteiger partial charge in [0.05, 0.1) is 12.8 Å². The van der Waals surface area contributed by atoms with Gasteiger partial charge in [-0.2, -0.15) is 0 Å². The van der Waals surface area contributed by atoms with Crippen LogP contribution in [0, 0.1) is 0 Å². The van der Waals surface area contributed by atoms with Crippen molar-refractivity contribution in [3.05, 3.63) is 23.7 Å². The van der Waals surface area contributed by atoms with Gasteiger partial charge in [0.15, 0.2) is 0 Å². The molecule has 0 unspecified atom stereocenters. The maximum Gasteiger partial charge on any atom is 0.118 e. The predicted octanol–water partition coefficient (Wildman–Crippen LogP) is 3.40. The minimum Gasteiger partial charge on any atom is -0.468 e. The predicted molar refractivity (Wildman–Crippen MR) is 76.5 cm³/mol. The van der Waals surface area contributed by atoms with Gasteiger partial charge in [0, 0.05) is 18.2 Å². The Bertz CT molecular complexity index is 320. The van der Waals surface area contributed by atoms with E-state index in [1.807, 2.05) is 6.26 Å². The van der Waals surface area contributed by atoms with Crippen LogP contribution in [0.1, 0.15) is 51.9 Å². The molecule has 1 N–H and O–H groups in total. The van der Waals surface area contributed by atoms with Crippen LogP contribution in [-0.4, -0.2) is 24.0 Å². The highest BCUT2D eigenvalue weighted by Gasteiger charge is 2.11. The third-order valence-electron chi connectivity index (χ3n) is 3.06. The van der Waals surface area contributed by atoms with Gasteiger partial charge < -0.3 is 9.73 Å². The molecule has 0 saturated heterocycles. The van der Waals surface area contributed by atoms with Gasteiger partial charge in [-0.1, -0.05) is 13.8 Å². The van der Waals surface area contributed by atoms with Gasteiger partial charge in [0.25, 0.3) is 0 Å². The van der Waals surface area contributed by atoms with E-state index in [0.29, 0.717) is 6.04 Å². The summed E-state index contributed by atoms with van der Waals surface area (Å²) >= 11 is 0. The zero-order valence-electron chi connectivity index (χ0n) is 12.3. The van der Waals surface area contributed by atoms with Gasteiger partial charge in [-0.25, -0.2) is 0 Å². The Kier molecular flexibility index (Phi) is 7.06. The molecule has 0 fully saturated rings. The maximum absolute atomic E-state index is 5.64. The Morgan fingerprint density at radius 3 is 2.67 bits per heavy atom. The molecule has 1 aromatic rings. The third-order valence-corrected chi connectivity index (χ3v) is 3.06. The molecule has 1 aromatic heterocycles. The molecule has 0 aliphatic heterocycles. The van der Waals surface area contributed by atoms with Crippen LogP contribution >= 0.6 is 0 Å². The van der Waals surface area contributed by atoms with Crippen LogP contribution in [0.25, 0.3) is 0 Å². The smallest absolute Gasteiger partial charge is 0.118 e. The summed E-state index contributed by atoms with van der Waals surface area (Å²) in [4.78, 5) is 2.45. The van der Waals surface area contributed by atoms with E-state index in [9.17, 15) is 0 Å². The Balaban J connectivity index is 2.46. The Hall–Kier alpha value is -0.800. The van der Waals surface area contributed by atoms with Gasteiger partial charge in [-0.05, 0) is 45.8 Å². The SMILES string of the molecule is CCCNCc1coc(CN(CCC)C(C)C)c1. The quantitative estimate of drug-likeness (QED) is 0.683.